The van der Waals surface area contributed by atoms with E-state index in [4.69, 9.17) is 11.6 Å². The molecule has 0 amide bonds. The number of carboxylic acids is 1. The third kappa shape index (κ3) is 5.09. The van der Waals surface area contributed by atoms with E-state index in [1.165, 1.54) is 34.9 Å². The molecule has 1 aliphatic rings. The smallest absolute Gasteiger partial charge is 0.416 e. The van der Waals surface area contributed by atoms with E-state index in [0.29, 0.717) is 18.7 Å². The molecule has 1 N–H and O–H groups in total. The maximum atomic E-state index is 13.5. The fraction of sp³-hybridized carbons (Fsp3) is 0.304. The molecule has 1 aromatic heterocycles. The highest BCUT2D eigenvalue weighted by atomic mass is 35.5. The highest BCUT2D eigenvalue weighted by Crippen LogP contribution is 2.29. The molecule has 2 aromatic carbocycles. The number of hydrogen-bond acceptors (Lipinski definition) is 5. The van der Waals surface area contributed by atoms with Gasteiger partial charge in [-0.2, -0.15) is 18.2 Å². The van der Waals surface area contributed by atoms with Crippen molar-refractivity contribution in [3.05, 3.63) is 85.1 Å². The van der Waals surface area contributed by atoms with E-state index in [-0.39, 0.29) is 28.8 Å². The number of halogens is 4. The third-order valence-electron chi connectivity index (χ3n) is 5.75. The Balaban J connectivity index is 1.84. The van der Waals surface area contributed by atoms with Crippen molar-refractivity contribution in [3.63, 3.8) is 0 Å². The van der Waals surface area contributed by atoms with Gasteiger partial charge in [0, 0.05) is 13.1 Å². The quantitative estimate of drug-likeness (QED) is 0.563. The topological polar surface area (TPSA) is 97.4 Å². The molecule has 2 heterocycles. The molecule has 0 aliphatic carbocycles. The number of piperidine rings is 1. The fourth-order valence-electron chi connectivity index (χ4n) is 3.95. The number of carbonyl (C=O) groups is 1. The summed E-state index contributed by atoms with van der Waals surface area (Å²) < 4.78 is 40.6. The van der Waals surface area contributed by atoms with E-state index < -0.39 is 29.1 Å². The molecule has 0 atom stereocenters. The summed E-state index contributed by atoms with van der Waals surface area (Å²) in [6, 6.07) is 8.06. The Morgan fingerprint density at radius 3 is 2.26 bits per heavy atom. The molecular formula is C23H20ClF3N4O4. The molecule has 1 saturated heterocycles. The number of aromatic carboxylic acids is 1. The summed E-state index contributed by atoms with van der Waals surface area (Å²) in [5, 5.41) is 9.16. The normalized spacial score (nSPS) is 14.2. The Bertz CT molecular complexity index is 1380. The zero-order valence-electron chi connectivity index (χ0n) is 18.3. The van der Waals surface area contributed by atoms with Crippen LogP contribution in [0.1, 0.15) is 40.7 Å². The van der Waals surface area contributed by atoms with Gasteiger partial charge in [-0.05, 0) is 55.2 Å². The highest BCUT2D eigenvalue weighted by molar-refractivity contribution is 6.33. The minimum Gasteiger partial charge on any atom is -0.478 e. The van der Waals surface area contributed by atoms with Crippen LogP contribution in [0.4, 0.5) is 19.1 Å². The van der Waals surface area contributed by atoms with Gasteiger partial charge in [0.1, 0.15) is 0 Å². The van der Waals surface area contributed by atoms with Crippen LogP contribution < -0.4 is 16.3 Å². The standard InChI is InChI=1S/C23H20ClF3N4O4/c24-18-12-16(8-9-17(18)19(32)33)31-20(29-10-2-1-3-11-29)28-21(34)30(22(31)35)13-14-4-6-15(7-5-14)23(25,26)27/h4-9,12H,1-3,10-11,13H2,(H,32,33). The van der Waals surface area contributed by atoms with E-state index in [1.54, 1.807) is 4.90 Å². The SMILES string of the molecule is O=C(O)c1ccc(-n2c(N3CCCCC3)nc(=O)n(Cc3ccc(C(F)(F)F)cc3)c2=O)cc1Cl. The molecule has 0 saturated carbocycles. The van der Waals surface area contributed by atoms with Crippen molar-refractivity contribution in [3.8, 4) is 5.69 Å². The predicted molar refractivity (Wildman–Crippen MR) is 123 cm³/mol. The van der Waals surface area contributed by atoms with Crippen LogP contribution >= 0.6 is 11.6 Å². The van der Waals surface area contributed by atoms with E-state index in [0.717, 1.165) is 36.0 Å². The van der Waals surface area contributed by atoms with E-state index >= 15 is 0 Å². The number of benzene rings is 2. The van der Waals surface area contributed by atoms with Crippen LogP contribution in [-0.2, 0) is 12.7 Å². The molecule has 0 radical (unpaired) electrons. The molecule has 0 unspecified atom stereocenters. The minimum atomic E-state index is -4.51. The summed E-state index contributed by atoms with van der Waals surface area (Å²) in [7, 11) is 0. The predicted octanol–water partition coefficient (Wildman–Crippen LogP) is 3.80. The van der Waals surface area contributed by atoms with Gasteiger partial charge in [0.25, 0.3) is 0 Å². The fourth-order valence-corrected chi connectivity index (χ4v) is 4.21. The van der Waals surface area contributed by atoms with Crippen LogP contribution in [0, 0.1) is 0 Å². The number of hydrogen-bond donors (Lipinski definition) is 1. The van der Waals surface area contributed by atoms with Crippen LogP contribution in [0.5, 0.6) is 0 Å². The summed E-state index contributed by atoms with van der Waals surface area (Å²) in [5.41, 5.74) is -2.12. The number of alkyl halides is 3. The summed E-state index contributed by atoms with van der Waals surface area (Å²) in [6.45, 7) is 0.829. The molecule has 12 heteroatoms. The Labute approximate surface area is 201 Å². The van der Waals surface area contributed by atoms with Crippen molar-refractivity contribution < 1.29 is 23.1 Å². The van der Waals surface area contributed by atoms with Gasteiger partial charge in [-0.25, -0.2) is 23.5 Å². The zero-order chi connectivity index (χ0) is 25.3. The molecular weight excluding hydrogens is 489 g/mol. The number of anilines is 1. The Kier molecular flexibility index (Phi) is 6.70. The average molecular weight is 509 g/mol. The average Bonchev–Trinajstić information content (AvgIpc) is 2.81. The molecule has 0 spiro atoms. The van der Waals surface area contributed by atoms with Crippen molar-refractivity contribution in [2.45, 2.75) is 32.0 Å². The maximum absolute atomic E-state index is 13.5. The maximum Gasteiger partial charge on any atom is 0.416 e. The van der Waals surface area contributed by atoms with Crippen LogP contribution in [0.25, 0.3) is 5.69 Å². The summed E-state index contributed by atoms with van der Waals surface area (Å²) in [6.07, 6.45) is -1.85. The Morgan fingerprint density at radius 1 is 1.03 bits per heavy atom. The minimum absolute atomic E-state index is 0.0995. The summed E-state index contributed by atoms with van der Waals surface area (Å²) in [5.74, 6) is -1.14. The first-order valence-corrected chi connectivity index (χ1v) is 11.1. The van der Waals surface area contributed by atoms with E-state index in [1.807, 2.05) is 0 Å². The lowest BCUT2D eigenvalue weighted by atomic mass is 10.1. The van der Waals surface area contributed by atoms with Crippen molar-refractivity contribution in [1.29, 1.82) is 0 Å². The van der Waals surface area contributed by atoms with Crippen LogP contribution in [-0.4, -0.2) is 38.3 Å². The number of carboxylic acid groups (broad SMARTS) is 1. The lowest BCUT2D eigenvalue weighted by Crippen LogP contribution is -2.45. The summed E-state index contributed by atoms with van der Waals surface area (Å²) >= 11 is 6.13. The van der Waals surface area contributed by atoms with Gasteiger partial charge < -0.3 is 10.0 Å². The second-order valence-corrected chi connectivity index (χ2v) is 8.52. The Hall–Kier alpha value is -3.60. The molecule has 3 aromatic rings. The van der Waals surface area contributed by atoms with Gasteiger partial charge in [0.15, 0.2) is 0 Å². The number of aromatic nitrogens is 3. The monoisotopic (exact) mass is 508 g/mol. The van der Waals surface area contributed by atoms with Crippen molar-refractivity contribution in [2.75, 3.05) is 18.0 Å². The van der Waals surface area contributed by atoms with E-state index in [2.05, 4.69) is 4.98 Å². The molecule has 0 bridgehead atoms. The molecule has 8 nitrogen and oxygen atoms in total. The molecule has 35 heavy (non-hydrogen) atoms. The van der Waals surface area contributed by atoms with Gasteiger partial charge in [-0.1, -0.05) is 23.7 Å². The molecule has 4 rings (SSSR count). The number of nitrogens with zero attached hydrogens (tertiary/aromatic N) is 4. The second-order valence-electron chi connectivity index (χ2n) is 8.11. The first kappa shape index (κ1) is 24.5. The first-order valence-electron chi connectivity index (χ1n) is 10.7. The second kappa shape index (κ2) is 9.57. The molecule has 1 fully saturated rings. The van der Waals surface area contributed by atoms with Crippen LogP contribution in [0.2, 0.25) is 5.02 Å². The van der Waals surface area contributed by atoms with Gasteiger partial charge in [-0.3, -0.25) is 0 Å². The lowest BCUT2D eigenvalue weighted by Gasteiger charge is -2.29. The van der Waals surface area contributed by atoms with Gasteiger partial charge >= 0.3 is 23.5 Å². The first-order chi connectivity index (χ1) is 16.6. The van der Waals surface area contributed by atoms with Gasteiger partial charge in [0.2, 0.25) is 5.95 Å². The number of rotatable bonds is 5. The largest absolute Gasteiger partial charge is 0.478 e. The van der Waals surface area contributed by atoms with Crippen molar-refractivity contribution in [1.82, 2.24) is 14.1 Å². The van der Waals surface area contributed by atoms with Crippen molar-refractivity contribution in [2.24, 2.45) is 0 Å². The molecule has 1 aliphatic heterocycles. The van der Waals surface area contributed by atoms with Gasteiger partial charge in [-0.15, -0.1) is 0 Å². The third-order valence-corrected chi connectivity index (χ3v) is 6.06. The molecule has 184 valence electrons. The van der Waals surface area contributed by atoms with Gasteiger partial charge in [0.05, 0.1) is 28.4 Å². The van der Waals surface area contributed by atoms with E-state index in [9.17, 15) is 32.7 Å². The van der Waals surface area contributed by atoms with Crippen molar-refractivity contribution >= 4 is 23.5 Å². The Morgan fingerprint density at radius 2 is 1.69 bits per heavy atom. The lowest BCUT2D eigenvalue weighted by molar-refractivity contribution is -0.137. The zero-order valence-corrected chi connectivity index (χ0v) is 19.0. The summed E-state index contributed by atoms with van der Waals surface area (Å²) in [4.78, 5) is 43.7. The highest BCUT2D eigenvalue weighted by Gasteiger charge is 2.30. The van der Waals surface area contributed by atoms with Crippen LogP contribution in [0.3, 0.4) is 0 Å². The van der Waals surface area contributed by atoms with Crippen LogP contribution in [0.15, 0.2) is 52.1 Å².